The van der Waals surface area contributed by atoms with Crippen molar-refractivity contribution >= 4 is 35.8 Å². The van der Waals surface area contributed by atoms with E-state index < -0.39 is 11.6 Å². The molecular weight excluding hydrogens is 465 g/mol. The van der Waals surface area contributed by atoms with Gasteiger partial charge in [-0.2, -0.15) is 0 Å². The molecule has 1 fully saturated rings. The molecule has 0 aromatic heterocycles. The van der Waals surface area contributed by atoms with E-state index >= 15 is 0 Å². The van der Waals surface area contributed by atoms with Crippen LogP contribution in [-0.2, 0) is 4.79 Å². The van der Waals surface area contributed by atoms with Crippen molar-refractivity contribution in [1.29, 1.82) is 0 Å². The van der Waals surface area contributed by atoms with Gasteiger partial charge >= 0.3 is 0 Å². The van der Waals surface area contributed by atoms with Crippen LogP contribution in [0.1, 0.15) is 44.6 Å². The first-order valence-electron chi connectivity index (χ1n) is 9.17. The minimum absolute atomic E-state index is 0. The third-order valence-corrected chi connectivity index (χ3v) is 4.67. The number of rotatable bonds is 6. The summed E-state index contributed by atoms with van der Waals surface area (Å²) in [5.74, 6) is -0.956. The van der Waals surface area contributed by atoms with E-state index in [1.54, 1.807) is 6.07 Å². The smallest absolute Gasteiger partial charge is 0.217 e. The Kier molecular flexibility index (Phi) is 9.97. The van der Waals surface area contributed by atoms with Gasteiger partial charge < -0.3 is 16.0 Å². The first kappa shape index (κ1) is 23.6. The Hall–Kier alpha value is -1.45. The van der Waals surface area contributed by atoms with Gasteiger partial charge in [-0.15, -0.1) is 24.0 Å². The van der Waals surface area contributed by atoms with Crippen molar-refractivity contribution < 1.29 is 13.6 Å². The Morgan fingerprint density at radius 3 is 2.78 bits per heavy atom. The highest BCUT2D eigenvalue weighted by Crippen LogP contribution is 2.21. The SMILES string of the molecule is CCNC(=NCC(C)c1ccc(F)c(F)c1)N1CCCC(CC(N)=O)C1.I. The summed E-state index contributed by atoms with van der Waals surface area (Å²) in [5, 5.41) is 3.28. The second kappa shape index (κ2) is 11.4. The quantitative estimate of drug-likeness (QED) is 0.363. The summed E-state index contributed by atoms with van der Waals surface area (Å²) < 4.78 is 26.5. The molecule has 0 bridgehead atoms. The fourth-order valence-corrected chi connectivity index (χ4v) is 3.28. The van der Waals surface area contributed by atoms with Gasteiger partial charge in [-0.05, 0) is 43.4 Å². The molecule has 1 aliphatic rings. The maximum Gasteiger partial charge on any atom is 0.217 e. The number of aliphatic imine (C=N–C) groups is 1. The van der Waals surface area contributed by atoms with E-state index in [-0.39, 0.29) is 41.7 Å². The van der Waals surface area contributed by atoms with Crippen LogP contribution in [-0.4, -0.2) is 42.9 Å². The average Bonchev–Trinajstić information content (AvgIpc) is 2.60. The van der Waals surface area contributed by atoms with E-state index in [0.29, 0.717) is 18.5 Å². The van der Waals surface area contributed by atoms with Gasteiger partial charge in [-0.3, -0.25) is 9.79 Å². The summed E-state index contributed by atoms with van der Waals surface area (Å²) in [5.41, 5.74) is 6.04. The van der Waals surface area contributed by atoms with Crippen molar-refractivity contribution in [3.63, 3.8) is 0 Å². The number of hydrogen-bond donors (Lipinski definition) is 2. The van der Waals surface area contributed by atoms with E-state index in [1.807, 2.05) is 13.8 Å². The fourth-order valence-electron chi connectivity index (χ4n) is 3.28. The van der Waals surface area contributed by atoms with Crippen LogP contribution in [0.3, 0.4) is 0 Å². The van der Waals surface area contributed by atoms with Gasteiger partial charge in [-0.25, -0.2) is 8.78 Å². The number of amides is 1. The molecule has 1 amide bonds. The lowest BCUT2D eigenvalue weighted by Crippen LogP contribution is -2.47. The van der Waals surface area contributed by atoms with E-state index in [4.69, 9.17) is 5.73 Å². The molecule has 1 aromatic rings. The molecule has 152 valence electrons. The fraction of sp³-hybridized carbons (Fsp3) is 0.579. The third-order valence-electron chi connectivity index (χ3n) is 4.67. The number of guanidine groups is 1. The lowest BCUT2D eigenvalue weighted by Gasteiger charge is -2.34. The number of nitrogens with zero attached hydrogens (tertiary/aromatic N) is 2. The van der Waals surface area contributed by atoms with Crippen LogP contribution < -0.4 is 11.1 Å². The van der Waals surface area contributed by atoms with Crippen LogP contribution in [0.25, 0.3) is 0 Å². The van der Waals surface area contributed by atoms with Gasteiger partial charge in [0.05, 0.1) is 0 Å². The molecular formula is C19H29F2IN4O. The van der Waals surface area contributed by atoms with E-state index in [0.717, 1.165) is 44.5 Å². The maximum atomic E-state index is 13.4. The zero-order valence-corrected chi connectivity index (χ0v) is 18.2. The molecule has 2 unspecified atom stereocenters. The number of piperidine rings is 1. The second-order valence-electron chi connectivity index (χ2n) is 6.89. The van der Waals surface area contributed by atoms with E-state index in [1.165, 1.54) is 6.07 Å². The first-order valence-corrected chi connectivity index (χ1v) is 9.17. The van der Waals surface area contributed by atoms with Gasteiger partial charge in [0.1, 0.15) is 0 Å². The summed E-state index contributed by atoms with van der Waals surface area (Å²) >= 11 is 0. The van der Waals surface area contributed by atoms with Gasteiger partial charge in [-0.1, -0.05) is 13.0 Å². The minimum atomic E-state index is -0.841. The van der Waals surface area contributed by atoms with Crippen LogP contribution in [0, 0.1) is 17.6 Å². The summed E-state index contributed by atoms with van der Waals surface area (Å²) in [4.78, 5) is 18.0. The molecule has 1 saturated heterocycles. The maximum absolute atomic E-state index is 13.4. The molecule has 1 aromatic carbocycles. The number of nitrogens with two attached hydrogens (primary N) is 1. The van der Waals surface area contributed by atoms with Crippen LogP contribution in [0.5, 0.6) is 0 Å². The molecule has 0 radical (unpaired) electrons. The van der Waals surface area contributed by atoms with Crippen molar-refractivity contribution in [2.75, 3.05) is 26.2 Å². The Balaban J connectivity index is 0.00000364. The number of halogens is 3. The molecule has 5 nitrogen and oxygen atoms in total. The van der Waals surface area contributed by atoms with Gasteiger partial charge in [0.2, 0.25) is 5.91 Å². The number of hydrogen-bond acceptors (Lipinski definition) is 2. The molecule has 1 aliphatic heterocycles. The Bertz CT molecular complexity index is 657. The second-order valence-corrected chi connectivity index (χ2v) is 6.89. The van der Waals surface area contributed by atoms with Crippen LogP contribution in [0.4, 0.5) is 8.78 Å². The normalized spacial score (nSPS) is 18.6. The van der Waals surface area contributed by atoms with Crippen molar-refractivity contribution in [3.8, 4) is 0 Å². The Morgan fingerprint density at radius 1 is 1.41 bits per heavy atom. The number of carbonyl (C=O) groups excluding carboxylic acids is 1. The van der Waals surface area contributed by atoms with Gasteiger partial charge in [0.25, 0.3) is 0 Å². The highest BCUT2D eigenvalue weighted by Gasteiger charge is 2.23. The van der Waals surface area contributed by atoms with Crippen molar-refractivity contribution in [2.24, 2.45) is 16.6 Å². The summed E-state index contributed by atoms with van der Waals surface area (Å²) in [7, 11) is 0. The molecule has 1 heterocycles. The van der Waals surface area contributed by atoms with E-state index in [2.05, 4.69) is 15.2 Å². The van der Waals surface area contributed by atoms with Gasteiger partial charge in [0.15, 0.2) is 17.6 Å². The number of benzene rings is 1. The van der Waals surface area contributed by atoms with Crippen molar-refractivity contribution in [1.82, 2.24) is 10.2 Å². The topological polar surface area (TPSA) is 70.7 Å². The zero-order chi connectivity index (χ0) is 19.1. The summed E-state index contributed by atoms with van der Waals surface area (Å²) in [6, 6.07) is 3.97. The molecule has 0 saturated carbocycles. The van der Waals surface area contributed by atoms with Crippen molar-refractivity contribution in [3.05, 3.63) is 35.4 Å². The number of carbonyl (C=O) groups is 1. The first-order chi connectivity index (χ1) is 12.4. The minimum Gasteiger partial charge on any atom is -0.370 e. The molecule has 8 heteroatoms. The standard InChI is InChI=1S/C19H28F2N4O.HI/c1-3-23-19(25-8-4-5-14(12-25)9-18(22)26)24-11-13(2)15-6-7-16(20)17(21)10-15;/h6-7,10,13-14H,3-5,8-9,11-12H2,1-2H3,(H2,22,26)(H,23,24);1H. The highest BCUT2D eigenvalue weighted by atomic mass is 127. The average molecular weight is 494 g/mol. The lowest BCUT2D eigenvalue weighted by atomic mass is 9.95. The van der Waals surface area contributed by atoms with Gasteiger partial charge in [0, 0.05) is 38.5 Å². The molecule has 0 spiro atoms. The number of nitrogens with one attached hydrogen (secondary N) is 1. The lowest BCUT2D eigenvalue weighted by molar-refractivity contribution is -0.119. The van der Waals surface area contributed by atoms with Crippen LogP contribution >= 0.6 is 24.0 Å². The zero-order valence-electron chi connectivity index (χ0n) is 15.9. The number of primary amides is 1. The number of likely N-dealkylation sites (tertiary alicyclic amines) is 1. The predicted molar refractivity (Wildman–Crippen MR) is 114 cm³/mol. The molecule has 27 heavy (non-hydrogen) atoms. The Morgan fingerprint density at radius 2 is 2.15 bits per heavy atom. The molecule has 2 atom stereocenters. The third kappa shape index (κ3) is 7.23. The summed E-state index contributed by atoms with van der Waals surface area (Å²) in [6.45, 7) is 6.75. The van der Waals surface area contributed by atoms with Crippen LogP contribution in [0.15, 0.2) is 23.2 Å². The monoisotopic (exact) mass is 494 g/mol. The van der Waals surface area contributed by atoms with Crippen molar-refractivity contribution in [2.45, 2.75) is 39.0 Å². The van der Waals surface area contributed by atoms with Crippen LogP contribution in [0.2, 0.25) is 0 Å². The highest BCUT2D eigenvalue weighted by molar-refractivity contribution is 14.0. The molecule has 0 aliphatic carbocycles. The molecule has 3 N–H and O–H groups in total. The largest absolute Gasteiger partial charge is 0.370 e. The molecule has 2 rings (SSSR count). The predicted octanol–water partition coefficient (Wildman–Crippen LogP) is 3.24. The summed E-state index contributed by atoms with van der Waals surface area (Å²) in [6.07, 6.45) is 2.37. The van der Waals surface area contributed by atoms with E-state index in [9.17, 15) is 13.6 Å². The Labute approximate surface area is 176 Å².